The van der Waals surface area contributed by atoms with Crippen LogP contribution in [-0.4, -0.2) is 46.8 Å². The van der Waals surface area contributed by atoms with Gasteiger partial charge in [0.05, 0.1) is 37.0 Å². The van der Waals surface area contributed by atoms with Gasteiger partial charge in [-0.05, 0) is 42.5 Å². The lowest BCUT2D eigenvalue weighted by atomic mass is 9.92. The number of hydrogen-bond acceptors (Lipinski definition) is 5. The summed E-state index contributed by atoms with van der Waals surface area (Å²) >= 11 is 1.57. The Balaban J connectivity index is 1.44. The van der Waals surface area contributed by atoms with E-state index < -0.39 is 11.7 Å². The Morgan fingerprint density at radius 2 is 2.03 bits per heavy atom. The fourth-order valence-electron chi connectivity index (χ4n) is 4.59. The van der Waals surface area contributed by atoms with Crippen LogP contribution in [0.2, 0.25) is 0 Å². The molecule has 0 spiro atoms. The maximum atomic E-state index is 13.2. The van der Waals surface area contributed by atoms with E-state index in [1.54, 1.807) is 17.4 Å². The predicted molar refractivity (Wildman–Crippen MR) is 113 cm³/mol. The Morgan fingerprint density at radius 3 is 2.81 bits per heavy atom. The number of ether oxygens (including phenoxy) is 1. The average Bonchev–Trinajstić information content (AvgIpc) is 3.14. The highest BCUT2D eigenvalue weighted by molar-refractivity contribution is 7.18. The highest BCUT2D eigenvalue weighted by Crippen LogP contribution is 2.35. The topological polar surface area (TPSA) is 47.4 Å². The van der Waals surface area contributed by atoms with E-state index in [4.69, 9.17) is 4.74 Å². The van der Waals surface area contributed by atoms with E-state index in [0.717, 1.165) is 68.1 Å². The van der Waals surface area contributed by atoms with Gasteiger partial charge < -0.3 is 4.74 Å². The first-order chi connectivity index (χ1) is 14.9. The average molecular weight is 449 g/mol. The summed E-state index contributed by atoms with van der Waals surface area (Å²) in [6.45, 7) is 3.46. The van der Waals surface area contributed by atoms with Gasteiger partial charge in [-0.3, -0.25) is 14.3 Å². The van der Waals surface area contributed by atoms with Crippen LogP contribution >= 0.6 is 11.3 Å². The van der Waals surface area contributed by atoms with Gasteiger partial charge in [0.15, 0.2) is 0 Å². The summed E-state index contributed by atoms with van der Waals surface area (Å²) in [7, 11) is 0. The van der Waals surface area contributed by atoms with Gasteiger partial charge in [-0.15, -0.1) is 11.3 Å². The van der Waals surface area contributed by atoms with Crippen molar-refractivity contribution in [2.45, 2.75) is 38.0 Å². The van der Waals surface area contributed by atoms with Crippen molar-refractivity contribution in [3.8, 4) is 0 Å². The third-order valence-corrected chi connectivity index (χ3v) is 7.34. The van der Waals surface area contributed by atoms with Crippen LogP contribution in [0.1, 0.15) is 28.0 Å². The zero-order chi connectivity index (χ0) is 21.6. The molecule has 1 aliphatic carbocycles. The van der Waals surface area contributed by atoms with Gasteiger partial charge in [0, 0.05) is 24.0 Å². The summed E-state index contributed by atoms with van der Waals surface area (Å²) in [4.78, 5) is 22.1. The number of aromatic nitrogens is 2. The normalized spacial score (nSPS) is 20.2. The second-order valence-corrected chi connectivity index (χ2v) is 9.19. The van der Waals surface area contributed by atoms with Gasteiger partial charge in [-0.2, -0.15) is 13.2 Å². The fraction of sp³-hybridized carbons (Fsp3) is 0.455. The van der Waals surface area contributed by atoms with Gasteiger partial charge in [0.1, 0.15) is 4.83 Å². The number of morpholine rings is 1. The van der Waals surface area contributed by atoms with Gasteiger partial charge in [-0.25, -0.2) is 4.98 Å². The van der Waals surface area contributed by atoms with Crippen LogP contribution in [0.15, 0.2) is 35.4 Å². The third-order valence-electron chi connectivity index (χ3n) is 6.18. The molecule has 0 radical (unpaired) electrons. The Hall–Kier alpha value is -2.23. The number of hydrogen-bond donors (Lipinski definition) is 0. The quantitative estimate of drug-likeness (QED) is 0.612. The summed E-state index contributed by atoms with van der Waals surface area (Å²) in [5.74, 6) is 0. The van der Waals surface area contributed by atoms with Crippen molar-refractivity contribution >= 4 is 21.6 Å². The Bertz CT molecular complexity index is 1160. The molecule has 5 nitrogen and oxygen atoms in total. The van der Waals surface area contributed by atoms with Crippen LogP contribution in [0.25, 0.3) is 10.2 Å². The second-order valence-electron chi connectivity index (χ2n) is 8.10. The molecule has 1 aliphatic heterocycles. The Morgan fingerprint density at radius 1 is 1.23 bits per heavy atom. The van der Waals surface area contributed by atoms with Gasteiger partial charge in [0.25, 0.3) is 5.56 Å². The SMILES string of the molecule is O=c1c2c3c(sc2ncn1Cc1cccc(C(F)(F)F)c1)C[C@@H](N1CCOCC1)CC3. The summed E-state index contributed by atoms with van der Waals surface area (Å²) in [6.07, 6.45) is -0.245. The van der Waals surface area contributed by atoms with Gasteiger partial charge in [-0.1, -0.05) is 12.1 Å². The summed E-state index contributed by atoms with van der Waals surface area (Å²) < 4.78 is 45.9. The monoisotopic (exact) mass is 449 g/mol. The van der Waals surface area contributed by atoms with E-state index in [1.165, 1.54) is 21.8 Å². The van der Waals surface area contributed by atoms with Crippen LogP contribution in [0.4, 0.5) is 13.2 Å². The van der Waals surface area contributed by atoms with Crippen molar-refractivity contribution in [3.63, 3.8) is 0 Å². The molecule has 3 heterocycles. The molecule has 1 saturated heterocycles. The van der Waals surface area contributed by atoms with E-state index in [-0.39, 0.29) is 12.1 Å². The lowest BCUT2D eigenvalue weighted by Crippen LogP contribution is -2.45. The first-order valence-corrected chi connectivity index (χ1v) is 11.2. The molecule has 9 heteroatoms. The van der Waals surface area contributed by atoms with Crippen molar-refractivity contribution in [1.82, 2.24) is 14.5 Å². The lowest BCUT2D eigenvalue weighted by molar-refractivity contribution is -0.137. The van der Waals surface area contributed by atoms with Crippen molar-refractivity contribution < 1.29 is 17.9 Å². The molecule has 0 saturated carbocycles. The maximum absolute atomic E-state index is 13.2. The van der Waals surface area contributed by atoms with Crippen LogP contribution in [0.3, 0.4) is 0 Å². The maximum Gasteiger partial charge on any atom is 0.416 e. The molecule has 2 aliphatic rings. The van der Waals surface area contributed by atoms with Crippen molar-refractivity contribution in [3.05, 3.63) is 62.5 Å². The molecule has 0 N–H and O–H groups in total. The van der Waals surface area contributed by atoms with E-state index >= 15 is 0 Å². The Kier molecular flexibility index (Phi) is 5.35. The van der Waals surface area contributed by atoms with Gasteiger partial charge in [0.2, 0.25) is 0 Å². The zero-order valence-electron chi connectivity index (χ0n) is 16.8. The number of alkyl halides is 3. The minimum absolute atomic E-state index is 0.0622. The molecule has 164 valence electrons. The predicted octanol–water partition coefficient (Wildman–Crippen LogP) is 3.71. The molecule has 31 heavy (non-hydrogen) atoms. The minimum atomic E-state index is -4.41. The number of aryl methyl sites for hydroxylation is 1. The molecule has 5 rings (SSSR count). The number of nitrogens with zero attached hydrogens (tertiary/aromatic N) is 3. The number of thiophene rings is 1. The van der Waals surface area contributed by atoms with Crippen LogP contribution < -0.4 is 5.56 Å². The Labute approximate surface area is 181 Å². The number of rotatable bonds is 3. The largest absolute Gasteiger partial charge is 0.416 e. The van der Waals surface area contributed by atoms with Crippen molar-refractivity contribution in [2.24, 2.45) is 0 Å². The lowest BCUT2D eigenvalue weighted by Gasteiger charge is -2.36. The number of benzene rings is 1. The van der Waals surface area contributed by atoms with Crippen molar-refractivity contribution in [2.75, 3.05) is 26.3 Å². The number of halogens is 3. The molecule has 1 atom stereocenters. The molecule has 0 unspecified atom stereocenters. The molecule has 1 aromatic carbocycles. The minimum Gasteiger partial charge on any atom is -0.379 e. The summed E-state index contributed by atoms with van der Waals surface area (Å²) in [5.41, 5.74) is 0.605. The molecule has 3 aromatic rings. The van der Waals surface area contributed by atoms with Crippen molar-refractivity contribution in [1.29, 1.82) is 0 Å². The van der Waals surface area contributed by atoms with E-state index in [2.05, 4.69) is 9.88 Å². The molecule has 1 fully saturated rings. The zero-order valence-corrected chi connectivity index (χ0v) is 17.6. The highest BCUT2D eigenvalue weighted by Gasteiger charge is 2.31. The summed E-state index contributed by atoms with van der Waals surface area (Å²) in [6, 6.07) is 5.55. The van der Waals surface area contributed by atoms with E-state index in [1.807, 2.05) is 0 Å². The van der Waals surface area contributed by atoms with Crippen LogP contribution in [0, 0.1) is 0 Å². The first-order valence-electron chi connectivity index (χ1n) is 10.4. The highest BCUT2D eigenvalue weighted by atomic mass is 32.1. The second kappa shape index (κ2) is 8.03. The van der Waals surface area contributed by atoms with Gasteiger partial charge >= 0.3 is 6.18 Å². The molecular formula is C22H22F3N3O2S. The van der Waals surface area contributed by atoms with E-state index in [9.17, 15) is 18.0 Å². The molecule has 0 amide bonds. The standard InChI is InChI=1S/C22H22F3N3O2S/c23-22(24,25)15-3-1-2-14(10-15)12-28-13-26-20-19(21(28)29)17-5-4-16(11-18(17)31-20)27-6-8-30-9-7-27/h1-3,10,13,16H,4-9,11-12H2/t16-/m0/s1. The van der Waals surface area contributed by atoms with Crippen LogP contribution in [0.5, 0.6) is 0 Å². The third kappa shape index (κ3) is 4.02. The first kappa shape index (κ1) is 20.7. The summed E-state index contributed by atoms with van der Waals surface area (Å²) in [5, 5.41) is 0.634. The fourth-order valence-corrected chi connectivity index (χ4v) is 5.84. The molecular weight excluding hydrogens is 427 g/mol. The van der Waals surface area contributed by atoms with Crippen LogP contribution in [-0.2, 0) is 30.3 Å². The smallest absolute Gasteiger partial charge is 0.379 e. The van der Waals surface area contributed by atoms with E-state index in [0.29, 0.717) is 17.0 Å². The molecule has 2 aromatic heterocycles. The number of fused-ring (bicyclic) bond motifs is 3. The molecule has 0 bridgehead atoms.